The first-order valence-corrected chi connectivity index (χ1v) is 7.37. The van der Waals surface area contributed by atoms with E-state index in [2.05, 4.69) is 77.2 Å². The van der Waals surface area contributed by atoms with Gasteiger partial charge in [0.15, 0.2) is 0 Å². The lowest BCUT2D eigenvalue weighted by atomic mass is 9.92. The van der Waals surface area contributed by atoms with Crippen LogP contribution in [0, 0.1) is 3.57 Å². The molecule has 0 amide bonds. The monoisotopic (exact) mass is 351 g/mol. The average molecular weight is 351 g/mol. The summed E-state index contributed by atoms with van der Waals surface area (Å²) >= 11 is 2.33. The number of nitrogens with two attached hydrogens (primary N) is 1. The molecule has 0 saturated heterocycles. The average Bonchev–Trinajstić information content (AvgIpc) is 2.43. The Balaban J connectivity index is 1.97. The molecule has 0 aromatic heterocycles. The van der Waals surface area contributed by atoms with Crippen molar-refractivity contribution in [1.82, 2.24) is 0 Å². The largest absolute Gasteiger partial charge is 0.330 e. The summed E-state index contributed by atoms with van der Waals surface area (Å²) in [7, 11) is 0. The van der Waals surface area contributed by atoms with E-state index in [9.17, 15) is 0 Å². The normalized spacial score (nSPS) is 12.3. The molecule has 2 N–H and O–H groups in total. The Morgan fingerprint density at radius 2 is 1.61 bits per heavy atom. The Kier molecular flexibility index (Phi) is 5.20. The van der Waals surface area contributed by atoms with Crippen molar-refractivity contribution in [2.24, 2.45) is 5.73 Å². The number of halogens is 1. The van der Waals surface area contributed by atoms with Gasteiger partial charge in [0.1, 0.15) is 0 Å². The number of hydrogen-bond acceptors (Lipinski definition) is 1. The van der Waals surface area contributed by atoms with E-state index in [0.717, 1.165) is 12.8 Å². The van der Waals surface area contributed by atoms with E-state index < -0.39 is 0 Å². The number of benzene rings is 2. The van der Waals surface area contributed by atoms with Crippen molar-refractivity contribution in [3.05, 3.63) is 69.3 Å². The van der Waals surface area contributed by atoms with Gasteiger partial charge in [-0.15, -0.1) is 0 Å². The fourth-order valence-corrected chi connectivity index (χ4v) is 2.50. The highest BCUT2D eigenvalue weighted by atomic mass is 127. The molecule has 18 heavy (non-hydrogen) atoms. The Labute approximate surface area is 123 Å². The number of hydrogen-bond donors (Lipinski definition) is 1. The molecule has 0 aliphatic heterocycles. The fraction of sp³-hybridized carbons (Fsp3) is 0.250. The van der Waals surface area contributed by atoms with Crippen LogP contribution in [0.2, 0.25) is 0 Å². The van der Waals surface area contributed by atoms with Gasteiger partial charge in [-0.05, 0) is 71.2 Å². The SMILES string of the molecule is NCC(CCc1ccc(I)cc1)c1ccccc1. The molecule has 2 heteroatoms. The first-order chi connectivity index (χ1) is 8.79. The highest BCUT2D eigenvalue weighted by Gasteiger charge is 2.09. The highest BCUT2D eigenvalue weighted by Crippen LogP contribution is 2.20. The summed E-state index contributed by atoms with van der Waals surface area (Å²) < 4.78 is 1.29. The smallest absolute Gasteiger partial charge is 0.0130 e. The lowest BCUT2D eigenvalue weighted by molar-refractivity contribution is 0.634. The second-order valence-electron chi connectivity index (χ2n) is 4.51. The minimum atomic E-state index is 0.463. The molecule has 0 bridgehead atoms. The van der Waals surface area contributed by atoms with Crippen molar-refractivity contribution in [3.8, 4) is 0 Å². The molecule has 2 aromatic rings. The van der Waals surface area contributed by atoms with Gasteiger partial charge in [-0.3, -0.25) is 0 Å². The minimum absolute atomic E-state index is 0.463. The molecule has 0 aliphatic carbocycles. The van der Waals surface area contributed by atoms with E-state index in [4.69, 9.17) is 5.73 Å². The van der Waals surface area contributed by atoms with Crippen LogP contribution in [0.15, 0.2) is 54.6 Å². The van der Waals surface area contributed by atoms with Gasteiger partial charge in [0.25, 0.3) is 0 Å². The molecule has 94 valence electrons. The zero-order chi connectivity index (χ0) is 12.8. The van der Waals surface area contributed by atoms with E-state index in [1.807, 2.05) is 0 Å². The van der Waals surface area contributed by atoms with E-state index in [1.54, 1.807) is 0 Å². The molecule has 2 aromatic carbocycles. The lowest BCUT2D eigenvalue weighted by Crippen LogP contribution is -2.13. The second-order valence-corrected chi connectivity index (χ2v) is 5.75. The molecule has 1 nitrogen and oxygen atoms in total. The Hall–Kier alpha value is -0.870. The van der Waals surface area contributed by atoms with Crippen molar-refractivity contribution in [2.45, 2.75) is 18.8 Å². The molecule has 0 fully saturated rings. The quantitative estimate of drug-likeness (QED) is 0.811. The second kappa shape index (κ2) is 6.90. The molecule has 0 saturated carbocycles. The molecule has 0 aliphatic rings. The molecule has 0 radical (unpaired) electrons. The molecule has 1 unspecified atom stereocenters. The van der Waals surface area contributed by atoms with Gasteiger partial charge < -0.3 is 5.73 Å². The van der Waals surface area contributed by atoms with Crippen LogP contribution < -0.4 is 5.73 Å². The van der Waals surface area contributed by atoms with Crippen LogP contribution in [-0.4, -0.2) is 6.54 Å². The van der Waals surface area contributed by atoms with Crippen molar-refractivity contribution in [1.29, 1.82) is 0 Å². The van der Waals surface area contributed by atoms with E-state index in [0.29, 0.717) is 12.5 Å². The first kappa shape index (κ1) is 13.6. The van der Waals surface area contributed by atoms with Crippen molar-refractivity contribution in [3.63, 3.8) is 0 Å². The highest BCUT2D eigenvalue weighted by molar-refractivity contribution is 14.1. The van der Waals surface area contributed by atoms with Crippen LogP contribution in [0.5, 0.6) is 0 Å². The zero-order valence-corrected chi connectivity index (χ0v) is 12.5. The van der Waals surface area contributed by atoms with Crippen LogP contribution in [0.25, 0.3) is 0 Å². The maximum Gasteiger partial charge on any atom is 0.0130 e. The number of rotatable bonds is 5. The molecule has 0 spiro atoms. The topological polar surface area (TPSA) is 26.0 Å². The summed E-state index contributed by atoms with van der Waals surface area (Å²) in [6.07, 6.45) is 2.20. The van der Waals surface area contributed by atoms with Crippen LogP contribution in [0.3, 0.4) is 0 Å². The molecular formula is C16H18IN. The third-order valence-electron chi connectivity index (χ3n) is 3.25. The van der Waals surface area contributed by atoms with Crippen LogP contribution in [-0.2, 0) is 6.42 Å². The summed E-state index contributed by atoms with van der Waals surface area (Å²) in [5.74, 6) is 0.463. The summed E-state index contributed by atoms with van der Waals surface area (Å²) in [5, 5.41) is 0. The summed E-state index contributed by atoms with van der Waals surface area (Å²) in [6, 6.07) is 19.3. The van der Waals surface area contributed by atoms with E-state index >= 15 is 0 Å². The molecular weight excluding hydrogens is 333 g/mol. The summed E-state index contributed by atoms with van der Waals surface area (Å²) in [5.41, 5.74) is 8.64. The first-order valence-electron chi connectivity index (χ1n) is 6.29. The van der Waals surface area contributed by atoms with Crippen LogP contribution in [0.4, 0.5) is 0 Å². The van der Waals surface area contributed by atoms with E-state index in [1.165, 1.54) is 14.7 Å². The predicted molar refractivity (Wildman–Crippen MR) is 85.7 cm³/mol. The molecule has 2 rings (SSSR count). The predicted octanol–water partition coefficient (Wildman–Crippen LogP) is 3.97. The summed E-state index contributed by atoms with van der Waals surface area (Å²) in [6.45, 7) is 0.717. The fourth-order valence-electron chi connectivity index (χ4n) is 2.14. The van der Waals surface area contributed by atoms with Gasteiger partial charge in [-0.25, -0.2) is 0 Å². The van der Waals surface area contributed by atoms with Crippen molar-refractivity contribution in [2.75, 3.05) is 6.54 Å². The summed E-state index contributed by atoms with van der Waals surface area (Å²) in [4.78, 5) is 0. The van der Waals surface area contributed by atoms with Gasteiger partial charge in [-0.2, -0.15) is 0 Å². The van der Waals surface area contributed by atoms with Gasteiger partial charge in [0.05, 0.1) is 0 Å². The van der Waals surface area contributed by atoms with Crippen molar-refractivity contribution >= 4 is 22.6 Å². The maximum atomic E-state index is 5.89. The third kappa shape index (κ3) is 3.82. The molecule has 0 heterocycles. The Morgan fingerprint density at radius 3 is 2.22 bits per heavy atom. The van der Waals surface area contributed by atoms with E-state index in [-0.39, 0.29) is 0 Å². The van der Waals surface area contributed by atoms with Crippen LogP contribution >= 0.6 is 22.6 Å². The third-order valence-corrected chi connectivity index (χ3v) is 3.97. The van der Waals surface area contributed by atoms with Gasteiger partial charge >= 0.3 is 0 Å². The standard InChI is InChI=1S/C16H18IN/c17-16-10-7-13(8-11-16)6-9-15(12-18)14-4-2-1-3-5-14/h1-5,7-8,10-11,15H,6,9,12,18H2. The lowest BCUT2D eigenvalue weighted by Gasteiger charge is -2.15. The number of aryl methyl sites for hydroxylation is 1. The van der Waals surface area contributed by atoms with Gasteiger partial charge in [0.2, 0.25) is 0 Å². The Bertz CT molecular complexity index is 464. The van der Waals surface area contributed by atoms with Gasteiger partial charge in [0, 0.05) is 3.57 Å². The Morgan fingerprint density at radius 1 is 0.944 bits per heavy atom. The van der Waals surface area contributed by atoms with Crippen molar-refractivity contribution < 1.29 is 0 Å². The zero-order valence-electron chi connectivity index (χ0n) is 10.4. The molecule has 1 atom stereocenters. The van der Waals surface area contributed by atoms with Gasteiger partial charge in [-0.1, -0.05) is 42.5 Å². The van der Waals surface area contributed by atoms with Crippen LogP contribution in [0.1, 0.15) is 23.5 Å². The minimum Gasteiger partial charge on any atom is -0.330 e. The maximum absolute atomic E-state index is 5.89.